The van der Waals surface area contributed by atoms with Crippen molar-refractivity contribution in [3.8, 4) is 0 Å². The van der Waals surface area contributed by atoms with E-state index in [9.17, 15) is 0 Å². The molecule has 0 amide bonds. The first-order chi connectivity index (χ1) is 8.92. The summed E-state index contributed by atoms with van der Waals surface area (Å²) in [7, 11) is 0. The number of nitrogens with zero attached hydrogens (tertiary/aromatic N) is 3. The molecule has 2 heterocycles. The number of fused-ring (bicyclic) bond motifs is 4. The average Bonchev–Trinajstić information content (AvgIpc) is 2.45. The molecule has 0 radical (unpaired) electrons. The topological polar surface area (TPSA) is 47.4 Å². The monoisotopic (exact) mass is 235 g/mol. The molecule has 0 fully saturated rings. The Morgan fingerprint density at radius 2 is 1.72 bits per heavy atom. The first-order valence-electron chi connectivity index (χ1n) is 5.77. The van der Waals surface area contributed by atoms with Gasteiger partial charge in [0.05, 0.1) is 22.1 Å². The molecule has 4 rings (SSSR count). The largest absolute Gasteiger partial charge is 0.391 e. The van der Waals surface area contributed by atoms with Gasteiger partial charge in [-0.25, -0.2) is 9.97 Å². The Morgan fingerprint density at radius 3 is 2.61 bits per heavy atom. The van der Waals surface area contributed by atoms with Crippen molar-refractivity contribution in [2.45, 2.75) is 0 Å². The van der Waals surface area contributed by atoms with E-state index in [-0.39, 0.29) is 0 Å². The van der Waals surface area contributed by atoms with Crippen molar-refractivity contribution in [2.75, 3.05) is 6.61 Å². The molecule has 18 heavy (non-hydrogen) atoms. The Morgan fingerprint density at radius 1 is 0.889 bits per heavy atom. The number of hydrogen-bond acceptors (Lipinski definition) is 4. The predicted octanol–water partition coefficient (Wildman–Crippen LogP) is 1.13. The van der Waals surface area contributed by atoms with Gasteiger partial charge in [-0.3, -0.25) is 0 Å². The highest BCUT2D eigenvalue weighted by atomic mass is 16.6. The van der Waals surface area contributed by atoms with Crippen LogP contribution < -0.4 is 10.6 Å². The minimum Gasteiger partial charge on any atom is -0.391 e. The van der Waals surface area contributed by atoms with Gasteiger partial charge in [0.15, 0.2) is 0 Å². The molecule has 1 aliphatic heterocycles. The van der Waals surface area contributed by atoms with E-state index in [0.29, 0.717) is 6.61 Å². The molecule has 4 heteroatoms. The third-order valence-electron chi connectivity index (χ3n) is 3.05. The smallest absolute Gasteiger partial charge is 0.136 e. The van der Waals surface area contributed by atoms with E-state index >= 15 is 0 Å². The third-order valence-corrected chi connectivity index (χ3v) is 3.05. The van der Waals surface area contributed by atoms with Crippen molar-refractivity contribution in [3.63, 3.8) is 0 Å². The van der Waals surface area contributed by atoms with Crippen LogP contribution in [0.5, 0.6) is 0 Å². The molecule has 3 aromatic rings. The van der Waals surface area contributed by atoms with Gasteiger partial charge in [-0.2, -0.15) is 0 Å². The average molecular weight is 235 g/mol. The number of rotatable bonds is 0. The second kappa shape index (κ2) is 3.50. The highest BCUT2D eigenvalue weighted by Crippen LogP contribution is 2.12. The van der Waals surface area contributed by atoms with Crippen molar-refractivity contribution in [1.29, 1.82) is 0 Å². The summed E-state index contributed by atoms with van der Waals surface area (Å²) in [5.41, 5.74) is 3.59. The molecule has 0 saturated heterocycles. The van der Waals surface area contributed by atoms with Crippen molar-refractivity contribution in [1.82, 2.24) is 9.97 Å². The third kappa shape index (κ3) is 1.29. The maximum Gasteiger partial charge on any atom is 0.136 e. The highest BCUT2D eigenvalue weighted by Gasteiger charge is 2.05. The van der Waals surface area contributed by atoms with Gasteiger partial charge in [-0.1, -0.05) is 17.3 Å². The van der Waals surface area contributed by atoms with Gasteiger partial charge < -0.3 is 4.84 Å². The Balaban J connectivity index is 2.26. The van der Waals surface area contributed by atoms with Crippen LogP contribution in [0.4, 0.5) is 0 Å². The molecular formula is C14H9N3O. The van der Waals surface area contributed by atoms with Crippen LogP contribution in [0.3, 0.4) is 0 Å². The van der Waals surface area contributed by atoms with Crippen LogP contribution in [0, 0.1) is 0 Å². The van der Waals surface area contributed by atoms with E-state index in [1.165, 1.54) is 0 Å². The summed E-state index contributed by atoms with van der Waals surface area (Å²) >= 11 is 0. The van der Waals surface area contributed by atoms with Gasteiger partial charge in [0.1, 0.15) is 12.0 Å². The zero-order chi connectivity index (χ0) is 11.9. The molecule has 0 unspecified atom stereocenters. The van der Waals surface area contributed by atoms with Crippen molar-refractivity contribution < 1.29 is 4.84 Å². The van der Waals surface area contributed by atoms with Crippen LogP contribution in [0.2, 0.25) is 0 Å². The number of para-hydroxylation sites is 2. The second-order valence-electron chi connectivity index (χ2n) is 4.17. The lowest BCUT2D eigenvalue weighted by Crippen LogP contribution is -2.30. The summed E-state index contributed by atoms with van der Waals surface area (Å²) in [5, 5.41) is 5.85. The van der Waals surface area contributed by atoms with Crippen LogP contribution in [-0.4, -0.2) is 16.6 Å². The van der Waals surface area contributed by atoms with E-state index in [1.54, 1.807) is 0 Å². The molecule has 0 bridgehead atoms. The molecule has 1 aromatic heterocycles. The lowest BCUT2D eigenvalue weighted by atomic mass is 10.2. The molecule has 1 aliphatic rings. The fraction of sp³-hybridized carbons (Fsp3) is 0.0714. The highest BCUT2D eigenvalue weighted by molar-refractivity contribution is 5.86. The van der Waals surface area contributed by atoms with Gasteiger partial charge in [-0.05, 0) is 30.3 Å². The quantitative estimate of drug-likeness (QED) is 0.549. The zero-order valence-corrected chi connectivity index (χ0v) is 9.50. The molecule has 0 spiro atoms. The van der Waals surface area contributed by atoms with Crippen LogP contribution in [0.15, 0.2) is 41.6 Å². The standard InChI is InChI=1S/C14H9N3O/c1-2-4-12-11(3-1)15-13-6-5-10-9(14(13)16-12)7-8-18-17-10/h1-7H,8H2. The minimum atomic E-state index is 0.487. The molecule has 2 aromatic carbocycles. The van der Waals surface area contributed by atoms with Crippen LogP contribution >= 0.6 is 0 Å². The Kier molecular flexibility index (Phi) is 1.85. The summed E-state index contributed by atoms with van der Waals surface area (Å²) in [6, 6.07) is 11.7. The van der Waals surface area contributed by atoms with Crippen LogP contribution in [0.1, 0.15) is 0 Å². The Bertz CT molecular complexity index is 887. The summed E-state index contributed by atoms with van der Waals surface area (Å²) in [6.07, 6.45) is 1.99. The fourth-order valence-corrected chi connectivity index (χ4v) is 2.21. The number of benzene rings is 2. The van der Waals surface area contributed by atoms with E-state index in [2.05, 4.69) is 15.1 Å². The molecule has 0 N–H and O–H groups in total. The van der Waals surface area contributed by atoms with Gasteiger partial charge in [-0.15, -0.1) is 0 Å². The molecule has 0 saturated carbocycles. The van der Waals surface area contributed by atoms with Crippen molar-refractivity contribution >= 4 is 28.1 Å². The van der Waals surface area contributed by atoms with E-state index < -0.39 is 0 Å². The first-order valence-corrected chi connectivity index (χ1v) is 5.77. The SMILES string of the molecule is C1=c2c(ccc3nc4ccccc4nc23)=NOC1. The molecular weight excluding hydrogens is 226 g/mol. The minimum absolute atomic E-state index is 0.487. The molecule has 0 aliphatic carbocycles. The fourth-order valence-electron chi connectivity index (χ4n) is 2.21. The summed E-state index contributed by atoms with van der Waals surface area (Å²) in [4.78, 5) is 14.4. The maximum atomic E-state index is 5.05. The van der Waals surface area contributed by atoms with Gasteiger partial charge >= 0.3 is 0 Å². The Hall–Kier alpha value is -2.49. The maximum absolute atomic E-state index is 5.05. The van der Waals surface area contributed by atoms with Crippen LogP contribution in [-0.2, 0) is 4.84 Å². The summed E-state index contributed by atoms with van der Waals surface area (Å²) < 4.78 is 0. The number of hydrogen-bond donors (Lipinski definition) is 0. The van der Waals surface area contributed by atoms with Gasteiger partial charge in [0.25, 0.3) is 0 Å². The van der Waals surface area contributed by atoms with E-state index in [4.69, 9.17) is 4.84 Å². The van der Waals surface area contributed by atoms with E-state index in [1.807, 2.05) is 42.5 Å². The van der Waals surface area contributed by atoms with Crippen LogP contribution in [0.25, 0.3) is 28.1 Å². The second-order valence-corrected chi connectivity index (χ2v) is 4.17. The Labute approximate surface area is 102 Å². The molecule has 86 valence electrons. The van der Waals surface area contributed by atoms with E-state index in [0.717, 1.165) is 32.6 Å². The first kappa shape index (κ1) is 9.53. The van der Waals surface area contributed by atoms with Crippen molar-refractivity contribution in [3.05, 3.63) is 47.0 Å². The van der Waals surface area contributed by atoms with Gasteiger partial charge in [0.2, 0.25) is 0 Å². The predicted molar refractivity (Wildman–Crippen MR) is 68.2 cm³/mol. The summed E-state index contributed by atoms with van der Waals surface area (Å²) in [5.74, 6) is 0. The number of aromatic nitrogens is 2. The lowest BCUT2D eigenvalue weighted by Gasteiger charge is -2.04. The van der Waals surface area contributed by atoms with Gasteiger partial charge in [0, 0.05) is 5.22 Å². The van der Waals surface area contributed by atoms with Crippen molar-refractivity contribution in [2.24, 2.45) is 5.16 Å². The molecule has 0 atom stereocenters. The molecule has 4 nitrogen and oxygen atoms in total. The summed E-state index contributed by atoms with van der Waals surface area (Å²) in [6.45, 7) is 0.487. The zero-order valence-electron chi connectivity index (χ0n) is 9.50. The normalized spacial score (nSPS) is 13.6. The lowest BCUT2D eigenvalue weighted by molar-refractivity contribution is 0.166.